The molecule has 0 bridgehead atoms. The van der Waals surface area contributed by atoms with Crippen LogP contribution in [-0.2, 0) is 26.1 Å². The standard InChI is InChI=1S/C14H16Br2N4O/c15-10-5-9(7-17)6-11(16)14(10)21-8-13-19-18-12-3-1-2-4-20(12)13/h5-6H,1-4,7-8,17H2. The highest BCUT2D eigenvalue weighted by atomic mass is 79.9. The zero-order valence-corrected chi connectivity index (χ0v) is 14.7. The van der Waals surface area contributed by atoms with Gasteiger partial charge in [-0.1, -0.05) is 0 Å². The predicted octanol–water partition coefficient (Wildman–Crippen LogP) is 3.18. The van der Waals surface area contributed by atoms with Gasteiger partial charge in [-0.25, -0.2) is 0 Å². The van der Waals surface area contributed by atoms with Crippen LogP contribution in [0.3, 0.4) is 0 Å². The van der Waals surface area contributed by atoms with E-state index in [0.717, 1.165) is 44.9 Å². The van der Waals surface area contributed by atoms with E-state index in [1.807, 2.05) is 12.1 Å². The summed E-state index contributed by atoms with van der Waals surface area (Å²) in [6, 6.07) is 3.94. The fourth-order valence-electron chi connectivity index (χ4n) is 2.48. The molecule has 2 aromatic rings. The number of benzene rings is 1. The molecule has 2 N–H and O–H groups in total. The van der Waals surface area contributed by atoms with Gasteiger partial charge < -0.3 is 15.0 Å². The maximum Gasteiger partial charge on any atom is 0.171 e. The Bertz CT molecular complexity index is 633. The molecule has 0 saturated heterocycles. The number of halogens is 2. The first kappa shape index (κ1) is 15.0. The van der Waals surface area contributed by atoms with Gasteiger partial charge in [0.25, 0.3) is 0 Å². The van der Waals surface area contributed by atoms with Gasteiger partial charge in [0.15, 0.2) is 5.82 Å². The Balaban J connectivity index is 1.78. The smallest absolute Gasteiger partial charge is 0.171 e. The van der Waals surface area contributed by atoms with Crippen LogP contribution in [0.2, 0.25) is 0 Å². The lowest BCUT2D eigenvalue weighted by molar-refractivity contribution is 0.282. The fraction of sp³-hybridized carbons (Fsp3) is 0.429. The van der Waals surface area contributed by atoms with E-state index in [-0.39, 0.29) is 0 Å². The van der Waals surface area contributed by atoms with Gasteiger partial charge in [-0.3, -0.25) is 0 Å². The average Bonchev–Trinajstić information content (AvgIpc) is 2.89. The van der Waals surface area contributed by atoms with Crippen molar-refractivity contribution >= 4 is 31.9 Å². The number of hydrogen-bond donors (Lipinski definition) is 1. The van der Waals surface area contributed by atoms with Crippen LogP contribution in [-0.4, -0.2) is 14.8 Å². The molecule has 0 spiro atoms. The zero-order valence-electron chi connectivity index (χ0n) is 11.5. The summed E-state index contributed by atoms with van der Waals surface area (Å²) in [4.78, 5) is 0. The summed E-state index contributed by atoms with van der Waals surface area (Å²) in [5, 5.41) is 8.48. The maximum atomic E-state index is 5.92. The molecule has 21 heavy (non-hydrogen) atoms. The Kier molecular flexibility index (Phi) is 4.61. The van der Waals surface area contributed by atoms with Gasteiger partial charge >= 0.3 is 0 Å². The molecule has 0 fully saturated rings. The quantitative estimate of drug-likeness (QED) is 0.832. The Hall–Kier alpha value is -0.920. The van der Waals surface area contributed by atoms with E-state index in [2.05, 4.69) is 46.6 Å². The van der Waals surface area contributed by atoms with Crippen molar-refractivity contribution in [1.82, 2.24) is 14.8 Å². The number of fused-ring (bicyclic) bond motifs is 1. The average molecular weight is 416 g/mol. The summed E-state index contributed by atoms with van der Waals surface area (Å²) < 4.78 is 9.86. The molecular formula is C14H16Br2N4O. The largest absolute Gasteiger partial charge is 0.483 e. The molecule has 5 nitrogen and oxygen atoms in total. The molecule has 1 aliphatic rings. The molecule has 0 radical (unpaired) electrons. The number of ether oxygens (including phenoxy) is 1. The van der Waals surface area contributed by atoms with Crippen molar-refractivity contribution < 1.29 is 4.74 Å². The van der Waals surface area contributed by atoms with E-state index >= 15 is 0 Å². The number of nitrogens with zero attached hydrogens (tertiary/aromatic N) is 3. The SMILES string of the molecule is NCc1cc(Br)c(OCc2nnc3n2CCCC3)c(Br)c1. The molecule has 7 heteroatoms. The Morgan fingerprint density at radius 3 is 2.67 bits per heavy atom. The third-order valence-electron chi connectivity index (χ3n) is 3.58. The van der Waals surface area contributed by atoms with Crippen LogP contribution >= 0.6 is 31.9 Å². The summed E-state index contributed by atoms with van der Waals surface area (Å²) in [5.41, 5.74) is 6.70. The minimum atomic E-state index is 0.409. The predicted molar refractivity (Wildman–Crippen MR) is 87.0 cm³/mol. The van der Waals surface area contributed by atoms with Gasteiger partial charge in [-0.05, 0) is 62.4 Å². The summed E-state index contributed by atoms with van der Waals surface area (Å²) in [6.45, 7) is 1.89. The van der Waals surface area contributed by atoms with Crippen LogP contribution in [0.5, 0.6) is 5.75 Å². The highest BCUT2D eigenvalue weighted by Gasteiger charge is 2.17. The lowest BCUT2D eigenvalue weighted by Crippen LogP contribution is -2.14. The maximum absolute atomic E-state index is 5.92. The first-order valence-electron chi connectivity index (χ1n) is 6.91. The molecule has 0 unspecified atom stereocenters. The normalized spacial score (nSPS) is 14.0. The van der Waals surface area contributed by atoms with Crippen molar-refractivity contribution in [3.63, 3.8) is 0 Å². The number of rotatable bonds is 4. The zero-order chi connectivity index (χ0) is 14.8. The lowest BCUT2D eigenvalue weighted by atomic mass is 10.2. The van der Waals surface area contributed by atoms with Crippen molar-refractivity contribution in [2.75, 3.05) is 0 Å². The Morgan fingerprint density at radius 1 is 1.19 bits per heavy atom. The van der Waals surface area contributed by atoms with Crippen molar-refractivity contribution in [3.8, 4) is 5.75 Å². The molecule has 1 aromatic carbocycles. The minimum Gasteiger partial charge on any atom is -0.483 e. The Morgan fingerprint density at radius 2 is 1.95 bits per heavy atom. The third-order valence-corrected chi connectivity index (χ3v) is 4.75. The highest BCUT2D eigenvalue weighted by Crippen LogP contribution is 2.35. The van der Waals surface area contributed by atoms with Gasteiger partial charge in [-0.2, -0.15) is 0 Å². The van der Waals surface area contributed by atoms with Crippen LogP contribution in [0, 0.1) is 0 Å². The molecule has 0 amide bonds. The molecule has 112 valence electrons. The van der Waals surface area contributed by atoms with Crippen molar-refractivity contribution in [2.24, 2.45) is 5.73 Å². The fourth-order valence-corrected chi connectivity index (χ4v) is 3.99. The molecule has 0 atom stereocenters. The highest BCUT2D eigenvalue weighted by molar-refractivity contribution is 9.11. The topological polar surface area (TPSA) is 66.0 Å². The van der Waals surface area contributed by atoms with E-state index in [1.165, 1.54) is 12.8 Å². The van der Waals surface area contributed by atoms with Crippen molar-refractivity contribution in [3.05, 3.63) is 38.3 Å². The molecule has 2 heterocycles. The monoisotopic (exact) mass is 414 g/mol. The second-order valence-electron chi connectivity index (χ2n) is 5.02. The number of aromatic nitrogens is 3. The van der Waals surface area contributed by atoms with E-state index in [9.17, 15) is 0 Å². The third kappa shape index (κ3) is 3.14. The molecule has 0 saturated carbocycles. The van der Waals surface area contributed by atoms with Crippen LogP contribution in [0.1, 0.15) is 30.1 Å². The summed E-state index contributed by atoms with van der Waals surface area (Å²) >= 11 is 7.05. The first-order chi connectivity index (χ1) is 10.2. The molecule has 1 aromatic heterocycles. The second kappa shape index (κ2) is 6.46. The van der Waals surface area contributed by atoms with Gasteiger partial charge in [0.2, 0.25) is 0 Å². The van der Waals surface area contributed by atoms with Crippen LogP contribution in [0.15, 0.2) is 21.1 Å². The number of aryl methyl sites for hydroxylation is 1. The Labute approximate surface area is 140 Å². The molecule has 3 rings (SSSR count). The second-order valence-corrected chi connectivity index (χ2v) is 6.73. The molecular weight excluding hydrogens is 400 g/mol. The number of hydrogen-bond acceptors (Lipinski definition) is 4. The number of nitrogens with two attached hydrogens (primary N) is 1. The summed E-state index contributed by atoms with van der Waals surface area (Å²) in [5.74, 6) is 2.71. The first-order valence-corrected chi connectivity index (χ1v) is 8.49. The van der Waals surface area contributed by atoms with Gasteiger partial charge in [-0.15, -0.1) is 10.2 Å². The van der Waals surface area contributed by atoms with Crippen LogP contribution in [0.25, 0.3) is 0 Å². The summed E-state index contributed by atoms with van der Waals surface area (Å²) in [6.07, 6.45) is 3.37. The lowest BCUT2D eigenvalue weighted by Gasteiger charge is -2.16. The molecule has 1 aliphatic heterocycles. The van der Waals surface area contributed by atoms with E-state index < -0.39 is 0 Å². The van der Waals surface area contributed by atoms with E-state index in [4.69, 9.17) is 10.5 Å². The van der Waals surface area contributed by atoms with Gasteiger partial charge in [0, 0.05) is 19.5 Å². The molecule has 0 aliphatic carbocycles. The van der Waals surface area contributed by atoms with Crippen molar-refractivity contribution in [1.29, 1.82) is 0 Å². The van der Waals surface area contributed by atoms with Crippen LogP contribution < -0.4 is 10.5 Å². The van der Waals surface area contributed by atoms with Crippen molar-refractivity contribution in [2.45, 2.75) is 39.0 Å². The van der Waals surface area contributed by atoms with Gasteiger partial charge in [0.05, 0.1) is 8.95 Å². The summed E-state index contributed by atoms with van der Waals surface area (Å²) in [7, 11) is 0. The van der Waals surface area contributed by atoms with E-state index in [1.54, 1.807) is 0 Å². The van der Waals surface area contributed by atoms with Crippen LogP contribution in [0.4, 0.5) is 0 Å². The van der Waals surface area contributed by atoms with Gasteiger partial charge in [0.1, 0.15) is 18.2 Å². The minimum absolute atomic E-state index is 0.409. The van der Waals surface area contributed by atoms with E-state index in [0.29, 0.717) is 13.2 Å².